The third kappa shape index (κ3) is 8.27. The lowest BCUT2D eigenvalue weighted by Gasteiger charge is -2.22. The maximum absolute atomic E-state index is 12.6. The number of carbonyl (C=O) groups is 5. The van der Waals surface area contributed by atoms with Crippen LogP contribution in [0.4, 0.5) is 0 Å². The Morgan fingerprint density at radius 1 is 1.07 bits per heavy atom. The van der Waals surface area contributed by atoms with E-state index in [1.165, 1.54) is 12.5 Å². The largest absolute Gasteiger partial charge is 0.481 e. The first-order valence-corrected chi connectivity index (χ1v) is 8.21. The number of H-pyrrole nitrogens is 1. The lowest BCUT2D eigenvalue weighted by molar-refractivity contribution is -0.140. The minimum absolute atomic E-state index is 0.0139. The maximum Gasteiger partial charge on any atom is 0.322 e. The van der Waals surface area contributed by atoms with Gasteiger partial charge in [0.25, 0.3) is 0 Å². The molecule has 1 rings (SSSR count). The first-order chi connectivity index (χ1) is 13.2. The summed E-state index contributed by atoms with van der Waals surface area (Å²) >= 11 is 0. The van der Waals surface area contributed by atoms with E-state index >= 15 is 0 Å². The normalized spacial score (nSPS) is 12.5. The molecule has 13 heteroatoms. The Labute approximate surface area is 159 Å². The molecule has 2 atom stereocenters. The summed E-state index contributed by atoms with van der Waals surface area (Å²) in [5.41, 5.74) is 5.77. The van der Waals surface area contributed by atoms with Crippen LogP contribution in [0.3, 0.4) is 0 Å². The number of imidazole rings is 1. The van der Waals surface area contributed by atoms with Crippen LogP contribution in [-0.4, -0.2) is 75.0 Å². The molecule has 0 saturated heterocycles. The van der Waals surface area contributed by atoms with Crippen LogP contribution in [0.2, 0.25) is 0 Å². The molecule has 0 aliphatic rings. The zero-order valence-electron chi connectivity index (χ0n) is 14.8. The number of aliphatic carboxylic acids is 2. The van der Waals surface area contributed by atoms with Gasteiger partial charge in [-0.1, -0.05) is 0 Å². The summed E-state index contributed by atoms with van der Waals surface area (Å²) < 4.78 is 0. The number of hydrogen-bond acceptors (Lipinski definition) is 7. The Kier molecular flexibility index (Phi) is 9.09. The summed E-state index contributed by atoms with van der Waals surface area (Å²) in [5.74, 6) is -4.74. The number of aromatic amines is 1. The molecule has 13 nitrogen and oxygen atoms in total. The molecule has 154 valence electrons. The van der Waals surface area contributed by atoms with Crippen LogP contribution in [0.5, 0.6) is 0 Å². The molecule has 0 aliphatic carbocycles. The van der Waals surface area contributed by atoms with Crippen LogP contribution in [0.25, 0.3) is 0 Å². The number of carbonyl (C=O) groups excluding carboxylic acids is 3. The molecule has 28 heavy (non-hydrogen) atoms. The number of carboxylic acid groups (broad SMARTS) is 2. The second kappa shape index (κ2) is 11.3. The van der Waals surface area contributed by atoms with E-state index in [2.05, 4.69) is 25.9 Å². The molecular formula is C15H22N6O7. The van der Waals surface area contributed by atoms with E-state index < -0.39 is 54.7 Å². The highest BCUT2D eigenvalue weighted by molar-refractivity contribution is 5.93. The fourth-order valence-corrected chi connectivity index (χ4v) is 2.17. The Hall–Kier alpha value is -3.48. The van der Waals surface area contributed by atoms with Gasteiger partial charge in [-0.15, -0.1) is 0 Å². The molecule has 1 aromatic heterocycles. The number of nitrogens with two attached hydrogens (primary N) is 1. The Balaban J connectivity index is 2.87. The summed E-state index contributed by atoms with van der Waals surface area (Å²) in [7, 11) is 0. The maximum atomic E-state index is 12.6. The number of nitrogens with one attached hydrogen (secondary N) is 4. The van der Waals surface area contributed by atoms with E-state index in [0.29, 0.717) is 5.69 Å². The van der Waals surface area contributed by atoms with Gasteiger partial charge in [0.05, 0.1) is 12.9 Å². The minimum Gasteiger partial charge on any atom is -0.481 e. The van der Waals surface area contributed by atoms with E-state index in [0.717, 1.165) is 0 Å². The lowest BCUT2D eigenvalue weighted by Crippen LogP contribution is -2.55. The lowest BCUT2D eigenvalue weighted by atomic mass is 10.1. The van der Waals surface area contributed by atoms with Gasteiger partial charge in [0.15, 0.2) is 0 Å². The highest BCUT2D eigenvalue weighted by Gasteiger charge is 2.27. The summed E-state index contributed by atoms with van der Waals surface area (Å²) in [6, 6.07) is -2.42. The number of hydrogen-bond donors (Lipinski definition) is 7. The summed E-state index contributed by atoms with van der Waals surface area (Å²) in [5, 5.41) is 24.3. The molecular weight excluding hydrogens is 376 g/mol. The molecule has 0 bridgehead atoms. The van der Waals surface area contributed by atoms with Crippen LogP contribution >= 0.6 is 0 Å². The number of carboxylic acids is 2. The molecule has 8 N–H and O–H groups in total. The zero-order valence-corrected chi connectivity index (χ0v) is 14.8. The van der Waals surface area contributed by atoms with Gasteiger partial charge in [0.2, 0.25) is 17.7 Å². The van der Waals surface area contributed by atoms with Crippen molar-refractivity contribution in [2.24, 2.45) is 5.73 Å². The van der Waals surface area contributed by atoms with Crippen LogP contribution in [0.15, 0.2) is 12.5 Å². The van der Waals surface area contributed by atoms with Crippen LogP contribution in [-0.2, 0) is 30.4 Å². The van der Waals surface area contributed by atoms with Gasteiger partial charge < -0.3 is 36.9 Å². The quantitative estimate of drug-likeness (QED) is 0.190. The fraction of sp³-hybridized carbons (Fsp3) is 0.467. The summed E-state index contributed by atoms with van der Waals surface area (Å²) in [6.07, 6.45) is 2.13. The van der Waals surface area contributed by atoms with Gasteiger partial charge in [-0.05, 0) is 6.42 Å². The van der Waals surface area contributed by atoms with Crippen molar-refractivity contribution in [3.63, 3.8) is 0 Å². The first-order valence-electron chi connectivity index (χ1n) is 8.21. The van der Waals surface area contributed by atoms with Crippen molar-refractivity contribution >= 4 is 29.7 Å². The highest BCUT2D eigenvalue weighted by Crippen LogP contribution is 2.03. The summed E-state index contributed by atoms with van der Waals surface area (Å²) in [6.45, 7) is -1.06. The standard InChI is InChI=1S/C15H22N6O7/c16-4-11(22)20-10(3-8-5-17-7-19-8)15(28)21-9(1-2-12(23)24)14(27)18-6-13(25)26/h5,7,9-10H,1-4,6,16H2,(H,17,19)(H,18,27)(H,20,22)(H,21,28)(H,23,24)(H,25,26). The van der Waals surface area contributed by atoms with E-state index in [4.69, 9.17) is 15.9 Å². The molecule has 3 amide bonds. The van der Waals surface area contributed by atoms with Gasteiger partial charge in [-0.3, -0.25) is 24.0 Å². The van der Waals surface area contributed by atoms with Crippen molar-refractivity contribution in [3.8, 4) is 0 Å². The van der Waals surface area contributed by atoms with Crippen molar-refractivity contribution in [1.82, 2.24) is 25.9 Å². The summed E-state index contributed by atoms with van der Waals surface area (Å²) in [4.78, 5) is 64.2. The van der Waals surface area contributed by atoms with Crippen molar-refractivity contribution in [2.75, 3.05) is 13.1 Å². The minimum atomic E-state index is -1.30. The molecule has 0 spiro atoms. The molecule has 1 aromatic rings. The molecule has 0 radical (unpaired) electrons. The van der Waals surface area contributed by atoms with Gasteiger partial charge >= 0.3 is 11.9 Å². The van der Waals surface area contributed by atoms with E-state index in [1.54, 1.807) is 0 Å². The Bertz CT molecular complexity index is 706. The van der Waals surface area contributed by atoms with Crippen LogP contribution in [0.1, 0.15) is 18.5 Å². The Morgan fingerprint density at radius 3 is 2.32 bits per heavy atom. The fourth-order valence-electron chi connectivity index (χ4n) is 2.17. The van der Waals surface area contributed by atoms with Crippen molar-refractivity contribution < 1.29 is 34.2 Å². The molecule has 0 aliphatic heterocycles. The number of aromatic nitrogens is 2. The molecule has 2 unspecified atom stereocenters. The first kappa shape index (κ1) is 22.6. The zero-order chi connectivity index (χ0) is 21.1. The SMILES string of the molecule is NCC(=O)NC(Cc1cnc[nH]1)C(=O)NC(CCC(=O)O)C(=O)NCC(=O)O. The molecule has 0 saturated carbocycles. The van der Waals surface area contributed by atoms with Crippen LogP contribution in [0, 0.1) is 0 Å². The molecule has 1 heterocycles. The van der Waals surface area contributed by atoms with Crippen molar-refractivity contribution in [3.05, 3.63) is 18.2 Å². The average molecular weight is 398 g/mol. The van der Waals surface area contributed by atoms with Gasteiger partial charge in [-0.2, -0.15) is 0 Å². The Morgan fingerprint density at radius 2 is 1.79 bits per heavy atom. The molecule has 0 aromatic carbocycles. The van der Waals surface area contributed by atoms with E-state index in [9.17, 15) is 24.0 Å². The second-order valence-corrected chi connectivity index (χ2v) is 5.71. The third-order valence-electron chi connectivity index (χ3n) is 3.51. The van der Waals surface area contributed by atoms with Gasteiger partial charge in [0, 0.05) is 24.7 Å². The van der Waals surface area contributed by atoms with Gasteiger partial charge in [0.1, 0.15) is 18.6 Å². The second-order valence-electron chi connectivity index (χ2n) is 5.71. The number of rotatable bonds is 12. The number of nitrogens with zero attached hydrogens (tertiary/aromatic N) is 1. The third-order valence-corrected chi connectivity index (χ3v) is 3.51. The van der Waals surface area contributed by atoms with Crippen molar-refractivity contribution in [2.45, 2.75) is 31.3 Å². The topological polar surface area (TPSA) is 217 Å². The monoisotopic (exact) mass is 398 g/mol. The van der Waals surface area contributed by atoms with Crippen molar-refractivity contribution in [1.29, 1.82) is 0 Å². The average Bonchev–Trinajstić information content (AvgIpc) is 3.15. The predicted octanol–water partition coefficient (Wildman–Crippen LogP) is -3.05. The van der Waals surface area contributed by atoms with E-state index in [1.807, 2.05) is 0 Å². The molecule has 0 fully saturated rings. The van der Waals surface area contributed by atoms with E-state index in [-0.39, 0.29) is 19.4 Å². The number of amides is 3. The highest BCUT2D eigenvalue weighted by atomic mass is 16.4. The smallest absolute Gasteiger partial charge is 0.322 e. The predicted molar refractivity (Wildman–Crippen MR) is 92.7 cm³/mol. The van der Waals surface area contributed by atoms with Gasteiger partial charge in [-0.25, -0.2) is 4.98 Å². The van der Waals surface area contributed by atoms with Crippen LogP contribution < -0.4 is 21.7 Å².